The maximum absolute atomic E-state index is 12.5. The Kier molecular flexibility index (Phi) is 5.92. The Morgan fingerprint density at radius 1 is 1.23 bits per heavy atom. The molecule has 4 aromatic rings. The first-order chi connectivity index (χ1) is 15.0. The summed E-state index contributed by atoms with van der Waals surface area (Å²) in [5.41, 5.74) is 4.05. The molecule has 0 saturated heterocycles. The largest absolute Gasteiger partial charge is 0.457 e. The van der Waals surface area contributed by atoms with Gasteiger partial charge in [0.25, 0.3) is 5.91 Å². The first-order valence-corrected chi connectivity index (χ1v) is 10.2. The fraction of sp³-hybridized carbons (Fsp3) is 0.120. The summed E-state index contributed by atoms with van der Waals surface area (Å²) in [7, 11) is 0. The zero-order valence-electron chi connectivity index (χ0n) is 16.9. The second-order valence-electron chi connectivity index (χ2n) is 7.20. The molecule has 2 aromatic heterocycles. The highest BCUT2D eigenvalue weighted by Crippen LogP contribution is 2.29. The maximum Gasteiger partial charge on any atom is 0.262 e. The lowest BCUT2D eigenvalue weighted by Gasteiger charge is -2.04. The highest BCUT2D eigenvalue weighted by atomic mass is 35.5. The number of aryl methyl sites for hydroxylation is 1. The lowest BCUT2D eigenvalue weighted by atomic mass is 10.1. The maximum atomic E-state index is 12.5. The van der Waals surface area contributed by atoms with E-state index in [-0.39, 0.29) is 5.57 Å². The van der Waals surface area contributed by atoms with Crippen LogP contribution in [0, 0.1) is 18.3 Å². The van der Waals surface area contributed by atoms with E-state index in [9.17, 15) is 10.1 Å². The number of carbonyl (C=O) groups is 1. The first kappa shape index (κ1) is 20.5. The Balaban J connectivity index is 1.43. The van der Waals surface area contributed by atoms with Gasteiger partial charge in [0.15, 0.2) is 0 Å². The Morgan fingerprint density at radius 2 is 2.06 bits per heavy atom. The van der Waals surface area contributed by atoms with Crippen molar-refractivity contribution in [2.24, 2.45) is 0 Å². The molecule has 31 heavy (non-hydrogen) atoms. The van der Waals surface area contributed by atoms with E-state index in [1.54, 1.807) is 12.1 Å². The molecule has 2 aromatic carbocycles. The number of amides is 1. The second-order valence-corrected chi connectivity index (χ2v) is 7.63. The van der Waals surface area contributed by atoms with Crippen molar-refractivity contribution in [1.29, 1.82) is 5.26 Å². The van der Waals surface area contributed by atoms with Crippen molar-refractivity contribution >= 4 is 34.5 Å². The van der Waals surface area contributed by atoms with Crippen LogP contribution in [0.5, 0.6) is 0 Å². The van der Waals surface area contributed by atoms with E-state index in [2.05, 4.69) is 10.3 Å². The highest BCUT2D eigenvalue weighted by Gasteiger charge is 2.12. The predicted octanol–water partition coefficient (Wildman–Crippen LogP) is 5.66. The molecule has 0 fully saturated rings. The summed E-state index contributed by atoms with van der Waals surface area (Å²) < 4.78 is 5.83. The van der Waals surface area contributed by atoms with Crippen LogP contribution in [0.1, 0.15) is 16.9 Å². The molecule has 0 aliphatic carbocycles. The quantitative estimate of drug-likeness (QED) is 0.306. The van der Waals surface area contributed by atoms with Crippen LogP contribution in [-0.4, -0.2) is 17.4 Å². The lowest BCUT2D eigenvalue weighted by Crippen LogP contribution is -2.26. The second kappa shape index (κ2) is 8.95. The van der Waals surface area contributed by atoms with Gasteiger partial charge in [-0.05, 0) is 54.8 Å². The molecule has 0 aliphatic rings. The molecular formula is C25H20ClN3O2. The minimum absolute atomic E-state index is 0.0114. The van der Waals surface area contributed by atoms with Crippen LogP contribution in [0.25, 0.3) is 28.3 Å². The molecule has 2 N–H and O–H groups in total. The topological polar surface area (TPSA) is 81.8 Å². The molecule has 0 saturated carbocycles. The molecule has 1 amide bonds. The molecule has 0 aliphatic heterocycles. The molecule has 0 radical (unpaired) electrons. The van der Waals surface area contributed by atoms with E-state index in [0.29, 0.717) is 29.5 Å². The standard InChI is InChI=1S/C25H20ClN3O2/c1-16-6-7-19(26)13-22(16)24-9-8-20(31-24)12-18(14-27)25(30)28-11-10-17-15-29-23-5-3-2-4-21(17)23/h2-9,12-13,15,29H,10-11H2,1H3,(H,28,30)/b18-12-. The van der Waals surface area contributed by atoms with Gasteiger partial charge in [-0.15, -0.1) is 0 Å². The van der Waals surface area contributed by atoms with E-state index < -0.39 is 5.91 Å². The Hall–Kier alpha value is -3.75. The molecule has 0 unspecified atom stereocenters. The summed E-state index contributed by atoms with van der Waals surface area (Å²) in [5, 5.41) is 14.0. The Labute approximate surface area is 185 Å². The molecule has 4 rings (SSSR count). The number of aromatic nitrogens is 1. The number of H-pyrrole nitrogens is 1. The number of benzene rings is 2. The van der Waals surface area contributed by atoms with Gasteiger partial charge in [0.05, 0.1) is 0 Å². The summed E-state index contributed by atoms with van der Waals surface area (Å²) in [5.74, 6) is 0.625. The molecule has 0 atom stereocenters. The van der Waals surface area contributed by atoms with Gasteiger partial charge in [0.2, 0.25) is 0 Å². The fourth-order valence-electron chi connectivity index (χ4n) is 3.47. The van der Waals surface area contributed by atoms with Gasteiger partial charge in [-0.1, -0.05) is 35.9 Å². The summed E-state index contributed by atoms with van der Waals surface area (Å²) >= 11 is 6.09. The van der Waals surface area contributed by atoms with Gasteiger partial charge in [-0.2, -0.15) is 5.26 Å². The number of nitrogens with one attached hydrogen (secondary N) is 2. The number of hydrogen-bond acceptors (Lipinski definition) is 3. The van der Waals surface area contributed by atoms with Gasteiger partial charge in [-0.3, -0.25) is 4.79 Å². The molecule has 5 nitrogen and oxygen atoms in total. The SMILES string of the molecule is Cc1ccc(Cl)cc1-c1ccc(/C=C(/C#N)C(=O)NCCc2c[nH]c3ccccc23)o1. The molecule has 2 heterocycles. The lowest BCUT2D eigenvalue weighted by molar-refractivity contribution is -0.117. The number of aromatic amines is 1. The van der Waals surface area contributed by atoms with Crippen LogP contribution < -0.4 is 5.32 Å². The number of nitriles is 1. The molecule has 154 valence electrons. The number of furan rings is 1. The van der Waals surface area contributed by atoms with Crippen molar-refractivity contribution in [2.75, 3.05) is 6.54 Å². The molecule has 0 bridgehead atoms. The van der Waals surface area contributed by atoms with Gasteiger partial charge in [0, 0.05) is 40.3 Å². The van der Waals surface area contributed by atoms with Gasteiger partial charge >= 0.3 is 0 Å². The Bertz CT molecular complexity index is 1320. The minimum atomic E-state index is -0.431. The summed E-state index contributed by atoms with van der Waals surface area (Å²) in [6, 6.07) is 19.1. The number of fused-ring (bicyclic) bond motifs is 1. The van der Waals surface area contributed by atoms with Gasteiger partial charge in [0.1, 0.15) is 23.2 Å². The number of hydrogen-bond donors (Lipinski definition) is 2. The van der Waals surface area contributed by atoms with E-state index in [1.807, 2.05) is 61.7 Å². The monoisotopic (exact) mass is 429 g/mol. The van der Waals surface area contributed by atoms with Crippen LogP contribution in [-0.2, 0) is 11.2 Å². The van der Waals surface area contributed by atoms with E-state index in [1.165, 1.54) is 6.08 Å². The van der Waals surface area contributed by atoms with Crippen molar-refractivity contribution < 1.29 is 9.21 Å². The number of carbonyl (C=O) groups excluding carboxylic acids is 1. The predicted molar refractivity (Wildman–Crippen MR) is 122 cm³/mol. The number of para-hydroxylation sites is 1. The van der Waals surface area contributed by atoms with Crippen LogP contribution in [0.2, 0.25) is 5.02 Å². The van der Waals surface area contributed by atoms with E-state index >= 15 is 0 Å². The Morgan fingerprint density at radius 3 is 2.90 bits per heavy atom. The van der Waals surface area contributed by atoms with Gasteiger partial charge in [-0.25, -0.2) is 0 Å². The normalized spacial score (nSPS) is 11.5. The third kappa shape index (κ3) is 4.55. The van der Waals surface area contributed by atoms with Crippen molar-refractivity contribution in [1.82, 2.24) is 10.3 Å². The third-order valence-corrected chi connectivity index (χ3v) is 5.33. The average Bonchev–Trinajstić information content (AvgIpc) is 3.41. The third-order valence-electron chi connectivity index (χ3n) is 5.10. The zero-order valence-corrected chi connectivity index (χ0v) is 17.7. The number of halogens is 1. The van der Waals surface area contributed by atoms with Crippen LogP contribution in [0.3, 0.4) is 0 Å². The van der Waals surface area contributed by atoms with Crippen molar-refractivity contribution in [3.8, 4) is 17.4 Å². The highest BCUT2D eigenvalue weighted by molar-refractivity contribution is 6.30. The summed E-state index contributed by atoms with van der Waals surface area (Å²) in [4.78, 5) is 15.7. The van der Waals surface area contributed by atoms with E-state index in [0.717, 1.165) is 27.6 Å². The average molecular weight is 430 g/mol. The summed E-state index contributed by atoms with van der Waals surface area (Å²) in [6.45, 7) is 2.39. The number of rotatable bonds is 6. The molecule has 0 spiro atoms. The summed E-state index contributed by atoms with van der Waals surface area (Å²) in [6.07, 6.45) is 4.05. The fourth-order valence-corrected chi connectivity index (χ4v) is 3.64. The molecule has 6 heteroatoms. The van der Waals surface area contributed by atoms with Gasteiger partial charge < -0.3 is 14.7 Å². The van der Waals surface area contributed by atoms with Crippen molar-refractivity contribution in [3.63, 3.8) is 0 Å². The van der Waals surface area contributed by atoms with E-state index in [4.69, 9.17) is 16.0 Å². The zero-order chi connectivity index (χ0) is 21.8. The number of nitrogens with zero attached hydrogens (tertiary/aromatic N) is 1. The van der Waals surface area contributed by atoms with Crippen LogP contribution >= 0.6 is 11.6 Å². The van der Waals surface area contributed by atoms with Crippen molar-refractivity contribution in [2.45, 2.75) is 13.3 Å². The minimum Gasteiger partial charge on any atom is -0.457 e. The van der Waals surface area contributed by atoms with Crippen LogP contribution in [0.4, 0.5) is 0 Å². The smallest absolute Gasteiger partial charge is 0.262 e. The molecular weight excluding hydrogens is 410 g/mol. The van der Waals surface area contributed by atoms with Crippen LogP contribution in [0.15, 0.2) is 70.8 Å². The first-order valence-electron chi connectivity index (χ1n) is 9.86. The van der Waals surface area contributed by atoms with Crippen molar-refractivity contribution in [3.05, 3.63) is 88.3 Å².